The van der Waals surface area contributed by atoms with Gasteiger partial charge in [0, 0.05) is 12.5 Å². The second kappa shape index (κ2) is 7.50. The van der Waals surface area contributed by atoms with Crippen LogP contribution in [0, 0.1) is 11.7 Å². The molecule has 2 aromatic rings. The van der Waals surface area contributed by atoms with E-state index in [1.165, 1.54) is 12.1 Å². The van der Waals surface area contributed by atoms with Gasteiger partial charge in [-0.2, -0.15) is 0 Å². The molecule has 0 bridgehead atoms. The summed E-state index contributed by atoms with van der Waals surface area (Å²) >= 11 is 0. The molecule has 0 saturated carbocycles. The number of halogens is 1. The van der Waals surface area contributed by atoms with Crippen LogP contribution >= 0.6 is 0 Å². The summed E-state index contributed by atoms with van der Waals surface area (Å²) in [5, 5.41) is 2.57. The van der Waals surface area contributed by atoms with E-state index in [1.807, 2.05) is 30.3 Å². The van der Waals surface area contributed by atoms with Gasteiger partial charge < -0.3 is 5.32 Å². The van der Waals surface area contributed by atoms with Crippen LogP contribution in [0.3, 0.4) is 0 Å². The van der Waals surface area contributed by atoms with Gasteiger partial charge in [0.1, 0.15) is 5.82 Å². The van der Waals surface area contributed by atoms with Crippen molar-refractivity contribution < 1.29 is 14.0 Å². The molecule has 0 saturated heterocycles. The predicted octanol–water partition coefficient (Wildman–Crippen LogP) is 2.89. The highest BCUT2D eigenvalue weighted by Gasteiger charge is 2.21. The van der Waals surface area contributed by atoms with Gasteiger partial charge in [0.15, 0.2) is 0 Å². The molecule has 0 radical (unpaired) electrons. The highest BCUT2D eigenvalue weighted by atomic mass is 19.1. The van der Waals surface area contributed by atoms with Crippen LogP contribution in [0.1, 0.15) is 18.1 Å². The topological polar surface area (TPSA) is 46.2 Å². The summed E-state index contributed by atoms with van der Waals surface area (Å²) in [4.78, 5) is 23.9. The molecule has 22 heavy (non-hydrogen) atoms. The molecule has 114 valence electrons. The van der Waals surface area contributed by atoms with E-state index in [-0.39, 0.29) is 18.3 Å². The maximum absolute atomic E-state index is 12.8. The Kier molecular flexibility index (Phi) is 5.42. The summed E-state index contributed by atoms with van der Waals surface area (Å²) in [5.41, 5.74) is 1.77. The number of carbonyl (C=O) groups excluding carboxylic acids is 2. The molecule has 0 fully saturated rings. The number of hydrogen-bond acceptors (Lipinski definition) is 2. The highest BCUT2D eigenvalue weighted by Crippen LogP contribution is 2.09. The number of hydrogen-bond donors (Lipinski definition) is 1. The van der Waals surface area contributed by atoms with Crippen molar-refractivity contribution in [3.63, 3.8) is 0 Å². The Balaban J connectivity index is 1.86. The molecular weight excluding hydrogens is 281 g/mol. The van der Waals surface area contributed by atoms with Crippen molar-refractivity contribution in [1.29, 1.82) is 0 Å². The molecule has 1 atom stereocenters. The second-order valence-electron chi connectivity index (χ2n) is 5.26. The van der Waals surface area contributed by atoms with Gasteiger partial charge in [0.05, 0.1) is 0 Å². The zero-order valence-electron chi connectivity index (χ0n) is 12.4. The largest absolute Gasteiger partial charge is 0.345 e. The van der Waals surface area contributed by atoms with Crippen LogP contribution in [-0.2, 0) is 22.6 Å². The molecule has 0 aliphatic carbocycles. The van der Waals surface area contributed by atoms with E-state index in [0.717, 1.165) is 11.1 Å². The van der Waals surface area contributed by atoms with Crippen LogP contribution in [0.2, 0.25) is 0 Å². The van der Waals surface area contributed by atoms with Crippen LogP contribution in [0.5, 0.6) is 0 Å². The van der Waals surface area contributed by atoms with E-state index in [4.69, 9.17) is 0 Å². The number of nitrogens with one attached hydrogen (secondary N) is 1. The van der Waals surface area contributed by atoms with Crippen LogP contribution in [0.25, 0.3) is 0 Å². The predicted molar refractivity (Wildman–Crippen MR) is 82.6 cm³/mol. The Labute approximate surface area is 129 Å². The van der Waals surface area contributed by atoms with E-state index >= 15 is 0 Å². The first-order valence-corrected chi connectivity index (χ1v) is 7.16. The average molecular weight is 299 g/mol. The normalized spacial score (nSPS) is 11.7. The number of Topliss-reactive ketones (excluding diaryl/α,β-unsaturated/α-hetero) is 1. The van der Waals surface area contributed by atoms with E-state index in [1.54, 1.807) is 19.1 Å². The average Bonchev–Trinajstić information content (AvgIpc) is 2.54. The fourth-order valence-electron chi connectivity index (χ4n) is 2.16. The molecule has 4 heteroatoms. The molecule has 2 aromatic carbocycles. The number of ketones is 1. The second-order valence-corrected chi connectivity index (χ2v) is 5.26. The van der Waals surface area contributed by atoms with E-state index in [0.29, 0.717) is 6.42 Å². The summed E-state index contributed by atoms with van der Waals surface area (Å²) in [5.74, 6) is -1.75. The molecule has 2 rings (SSSR count). The molecule has 0 aromatic heterocycles. The minimum atomic E-state index is -0.604. The van der Waals surface area contributed by atoms with E-state index < -0.39 is 11.7 Å². The highest BCUT2D eigenvalue weighted by molar-refractivity contribution is 6.36. The van der Waals surface area contributed by atoms with Gasteiger partial charge in [-0.1, -0.05) is 49.4 Å². The molecule has 1 unspecified atom stereocenters. The van der Waals surface area contributed by atoms with Gasteiger partial charge in [0.2, 0.25) is 5.78 Å². The molecule has 0 aliphatic heterocycles. The van der Waals surface area contributed by atoms with Crippen molar-refractivity contribution in [2.75, 3.05) is 0 Å². The molecule has 0 aliphatic rings. The van der Waals surface area contributed by atoms with Gasteiger partial charge in [-0.05, 0) is 29.7 Å². The van der Waals surface area contributed by atoms with Gasteiger partial charge in [-0.25, -0.2) is 4.39 Å². The van der Waals surface area contributed by atoms with Crippen molar-refractivity contribution >= 4 is 11.7 Å². The fraction of sp³-hybridized carbons (Fsp3) is 0.222. The summed E-state index contributed by atoms with van der Waals surface area (Å²) in [6, 6.07) is 15.4. The lowest BCUT2D eigenvalue weighted by Gasteiger charge is -2.11. The molecule has 3 nitrogen and oxygen atoms in total. The first kappa shape index (κ1) is 15.9. The smallest absolute Gasteiger partial charge is 0.287 e. The fourth-order valence-corrected chi connectivity index (χ4v) is 2.16. The van der Waals surface area contributed by atoms with Gasteiger partial charge in [-0.3, -0.25) is 9.59 Å². The van der Waals surface area contributed by atoms with Crippen molar-refractivity contribution in [3.05, 3.63) is 71.5 Å². The van der Waals surface area contributed by atoms with Crippen molar-refractivity contribution in [3.8, 4) is 0 Å². The van der Waals surface area contributed by atoms with Crippen LogP contribution in [-0.4, -0.2) is 11.7 Å². The number of carbonyl (C=O) groups is 2. The van der Waals surface area contributed by atoms with Crippen LogP contribution < -0.4 is 5.32 Å². The monoisotopic (exact) mass is 299 g/mol. The third-order valence-electron chi connectivity index (χ3n) is 3.42. The lowest BCUT2D eigenvalue weighted by molar-refractivity contribution is -0.140. The molecular formula is C18H18FNO2. The van der Waals surface area contributed by atoms with E-state index in [9.17, 15) is 14.0 Å². The maximum atomic E-state index is 12.8. The van der Waals surface area contributed by atoms with E-state index in [2.05, 4.69) is 5.32 Å². The number of rotatable bonds is 6. The first-order valence-electron chi connectivity index (χ1n) is 7.16. The molecule has 0 heterocycles. The lowest BCUT2D eigenvalue weighted by atomic mass is 9.96. The SMILES string of the molecule is CC(Cc1ccccc1)C(=O)C(=O)NCc1ccc(F)cc1. The van der Waals surface area contributed by atoms with Crippen LogP contribution in [0.4, 0.5) is 4.39 Å². The molecule has 0 spiro atoms. The summed E-state index contributed by atoms with van der Waals surface area (Å²) < 4.78 is 12.8. The molecule has 1 amide bonds. The Morgan fingerprint density at radius 2 is 1.64 bits per heavy atom. The van der Waals surface area contributed by atoms with Crippen molar-refractivity contribution in [1.82, 2.24) is 5.32 Å². The Hall–Kier alpha value is -2.49. The summed E-state index contributed by atoms with van der Waals surface area (Å²) in [7, 11) is 0. The van der Waals surface area contributed by atoms with Crippen LogP contribution in [0.15, 0.2) is 54.6 Å². The Bertz CT molecular complexity index is 638. The minimum Gasteiger partial charge on any atom is -0.345 e. The quantitative estimate of drug-likeness (QED) is 0.834. The van der Waals surface area contributed by atoms with Gasteiger partial charge in [0.25, 0.3) is 5.91 Å². The van der Waals surface area contributed by atoms with Crippen molar-refractivity contribution in [2.45, 2.75) is 19.9 Å². The summed E-state index contributed by atoms with van der Waals surface area (Å²) in [6.07, 6.45) is 0.531. The zero-order valence-corrected chi connectivity index (χ0v) is 12.4. The van der Waals surface area contributed by atoms with Gasteiger partial charge in [-0.15, -0.1) is 0 Å². The van der Waals surface area contributed by atoms with Gasteiger partial charge >= 0.3 is 0 Å². The molecule has 1 N–H and O–H groups in total. The Morgan fingerprint density at radius 1 is 1.00 bits per heavy atom. The maximum Gasteiger partial charge on any atom is 0.287 e. The minimum absolute atomic E-state index is 0.211. The zero-order chi connectivity index (χ0) is 15.9. The summed E-state index contributed by atoms with van der Waals surface area (Å²) in [6.45, 7) is 1.95. The first-order chi connectivity index (χ1) is 10.6. The number of benzene rings is 2. The Morgan fingerprint density at radius 3 is 2.27 bits per heavy atom. The third-order valence-corrected chi connectivity index (χ3v) is 3.42. The standard InChI is InChI=1S/C18H18FNO2/c1-13(11-14-5-3-2-4-6-14)17(21)18(22)20-12-15-7-9-16(19)10-8-15/h2-10,13H,11-12H2,1H3,(H,20,22). The third kappa shape index (κ3) is 4.52. The number of amides is 1. The lowest BCUT2D eigenvalue weighted by Crippen LogP contribution is -2.34. The van der Waals surface area contributed by atoms with Crippen molar-refractivity contribution in [2.24, 2.45) is 5.92 Å².